The topological polar surface area (TPSA) is 72.1 Å². The molecule has 0 saturated carbocycles. The molecule has 0 atom stereocenters. The largest absolute Gasteiger partial charge is 0.397 e. The highest BCUT2D eigenvalue weighted by Crippen LogP contribution is 2.17. The number of nitrogen functional groups attached to an aromatic ring is 1. The Morgan fingerprint density at radius 2 is 2.20 bits per heavy atom. The van der Waals surface area contributed by atoms with Gasteiger partial charge in [-0.2, -0.15) is 0 Å². The van der Waals surface area contributed by atoms with E-state index in [4.69, 9.17) is 17.3 Å². The number of rotatable bonds is 4. The van der Waals surface area contributed by atoms with Crippen LogP contribution < -0.4 is 5.73 Å². The van der Waals surface area contributed by atoms with Gasteiger partial charge in [0.25, 0.3) is 5.91 Å². The van der Waals surface area contributed by atoms with Crippen LogP contribution in [0, 0.1) is 0 Å². The van der Waals surface area contributed by atoms with Crippen LogP contribution in [0.3, 0.4) is 0 Å². The van der Waals surface area contributed by atoms with Gasteiger partial charge < -0.3 is 10.6 Å². The Morgan fingerprint density at radius 1 is 1.40 bits per heavy atom. The maximum atomic E-state index is 12.3. The highest BCUT2D eigenvalue weighted by atomic mass is 35.5. The first kappa shape index (κ1) is 14.3. The van der Waals surface area contributed by atoms with Crippen LogP contribution in [-0.2, 0) is 6.42 Å². The second kappa shape index (κ2) is 6.34. The van der Waals surface area contributed by atoms with E-state index < -0.39 is 0 Å². The van der Waals surface area contributed by atoms with Crippen molar-refractivity contribution in [2.75, 3.05) is 19.3 Å². The van der Waals surface area contributed by atoms with E-state index in [1.165, 1.54) is 12.3 Å². The van der Waals surface area contributed by atoms with Crippen LogP contribution in [0.4, 0.5) is 5.69 Å². The van der Waals surface area contributed by atoms with Crippen molar-refractivity contribution in [2.45, 2.75) is 6.42 Å². The number of pyridine rings is 2. The minimum Gasteiger partial charge on any atom is -0.397 e. The molecule has 0 bridgehead atoms. The zero-order chi connectivity index (χ0) is 14.5. The summed E-state index contributed by atoms with van der Waals surface area (Å²) in [5.41, 5.74) is 7.29. The maximum Gasteiger partial charge on any atom is 0.256 e. The first-order valence-electron chi connectivity index (χ1n) is 6.14. The second-order valence-electron chi connectivity index (χ2n) is 4.40. The molecule has 0 spiro atoms. The van der Waals surface area contributed by atoms with Crippen molar-refractivity contribution < 1.29 is 4.79 Å². The molecule has 0 aromatic carbocycles. The van der Waals surface area contributed by atoms with Gasteiger partial charge in [-0.25, -0.2) is 4.98 Å². The molecule has 0 saturated heterocycles. The van der Waals surface area contributed by atoms with E-state index in [0.29, 0.717) is 24.2 Å². The predicted molar refractivity (Wildman–Crippen MR) is 78.6 cm³/mol. The molecule has 20 heavy (non-hydrogen) atoms. The van der Waals surface area contributed by atoms with Gasteiger partial charge in [-0.05, 0) is 18.2 Å². The molecule has 0 aliphatic rings. The average molecular weight is 291 g/mol. The number of amides is 1. The molecule has 1 amide bonds. The minimum absolute atomic E-state index is 0.161. The first-order valence-corrected chi connectivity index (χ1v) is 6.52. The van der Waals surface area contributed by atoms with Crippen molar-refractivity contribution in [1.82, 2.24) is 14.9 Å². The number of hydrogen-bond donors (Lipinski definition) is 1. The Morgan fingerprint density at radius 3 is 2.90 bits per heavy atom. The van der Waals surface area contributed by atoms with Gasteiger partial charge in [-0.1, -0.05) is 17.7 Å². The van der Waals surface area contributed by atoms with Gasteiger partial charge in [-0.15, -0.1) is 0 Å². The van der Waals surface area contributed by atoms with Gasteiger partial charge in [0, 0.05) is 31.9 Å². The highest BCUT2D eigenvalue weighted by molar-refractivity contribution is 6.32. The molecule has 0 unspecified atom stereocenters. The number of carbonyl (C=O) groups excluding carboxylic acids is 1. The molecule has 2 heterocycles. The zero-order valence-corrected chi connectivity index (χ0v) is 11.8. The Labute approximate surface area is 122 Å². The number of hydrogen-bond acceptors (Lipinski definition) is 4. The van der Waals surface area contributed by atoms with Gasteiger partial charge in [-0.3, -0.25) is 9.78 Å². The third-order valence-corrected chi connectivity index (χ3v) is 3.17. The molecule has 5 nitrogen and oxygen atoms in total. The molecule has 2 rings (SSSR count). The van der Waals surface area contributed by atoms with Crippen LogP contribution in [0.25, 0.3) is 0 Å². The quantitative estimate of drug-likeness (QED) is 0.875. The lowest BCUT2D eigenvalue weighted by molar-refractivity contribution is 0.0796. The van der Waals surface area contributed by atoms with E-state index >= 15 is 0 Å². The van der Waals surface area contributed by atoms with Crippen molar-refractivity contribution in [3.63, 3.8) is 0 Å². The van der Waals surface area contributed by atoms with E-state index in [0.717, 1.165) is 5.69 Å². The summed E-state index contributed by atoms with van der Waals surface area (Å²) >= 11 is 5.93. The lowest BCUT2D eigenvalue weighted by atomic mass is 10.2. The first-order chi connectivity index (χ1) is 9.58. The number of likely N-dealkylation sites (N-methyl/N-ethyl adjacent to an activating group) is 1. The smallest absolute Gasteiger partial charge is 0.256 e. The Hall–Kier alpha value is -2.14. The Balaban J connectivity index is 2.03. The number of nitrogens with two attached hydrogens (primary N) is 1. The van der Waals surface area contributed by atoms with E-state index in [1.54, 1.807) is 18.1 Å². The molecule has 0 aliphatic heterocycles. The second-order valence-corrected chi connectivity index (χ2v) is 4.76. The summed E-state index contributed by atoms with van der Waals surface area (Å²) in [4.78, 5) is 21.9. The lowest BCUT2D eigenvalue weighted by Crippen LogP contribution is -2.29. The van der Waals surface area contributed by atoms with Crippen molar-refractivity contribution >= 4 is 23.2 Å². The molecule has 104 valence electrons. The summed E-state index contributed by atoms with van der Waals surface area (Å²) in [6, 6.07) is 7.24. The van der Waals surface area contributed by atoms with Crippen LogP contribution in [0.2, 0.25) is 5.15 Å². The van der Waals surface area contributed by atoms with Gasteiger partial charge in [0.1, 0.15) is 5.15 Å². The summed E-state index contributed by atoms with van der Waals surface area (Å²) < 4.78 is 0. The van der Waals surface area contributed by atoms with Crippen LogP contribution in [0.5, 0.6) is 0 Å². The van der Waals surface area contributed by atoms with Gasteiger partial charge in [0.2, 0.25) is 0 Å². The number of anilines is 1. The zero-order valence-electron chi connectivity index (χ0n) is 11.1. The fraction of sp³-hybridized carbons (Fsp3) is 0.214. The summed E-state index contributed by atoms with van der Waals surface area (Å²) in [6.07, 6.45) is 3.83. The summed E-state index contributed by atoms with van der Waals surface area (Å²) in [6.45, 7) is 0.543. The van der Waals surface area contributed by atoms with Gasteiger partial charge >= 0.3 is 0 Å². The molecule has 2 aromatic rings. The molecule has 0 fully saturated rings. The average Bonchev–Trinajstić information content (AvgIpc) is 2.47. The molecule has 6 heteroatoms. The Bertz CT molecular complexity index is 603. The van der Waals surface area contributed by atoms with Crippen molar-refractivity contribution in [3.8, 4) is 0 Å². The molecule has 2 N–H and O–H groups in total. The molecule has 0 aliphatic carbocycles. The number of nitrogens with zero attached hydrogens (tertiary/aromatic N) is 3. The fourth-order valence-electron chi connectivity index (χ4n) is 1.75. The van der Waals surface area contributed by atoms with E-state index in [9.17, 15) is 4.79 Å². The van der Waals surface area contributed by atoms with E-state index in [2.05, 4.69) is 9.97 Å². The van der Waals surface area contributed by atoms with Crippen molar-refractivity contribution in [1.29, 1.82) is 0 Å². The molecular formula is C14H15ClN4O. The minimum atomic E-state index is -0.203. The van der Waals surface area contributed by atoms with Crippen LogP contribution in [-0.4, -0.2) is 34.4 Å². The summed E-state index contributed by atoms with van der Waals surface area (Å²) in [7, 11) is 1.71. The SMILES string of the molecule is CN(CCc1ccccn1)C(=O)c1cc(N)cnc1Cl. The Kier molecular flexibility index (Phi) is 4.53. The van der Waals surface area contributed by atoms with Gasteiger partial charge in [0.15, 0.2) is 0 Å². The summed E-state index contributed by atoms with van der Waals surface area (Å²) in [5, 5.41) is 0.161. The number of aromatic nitrogens is 2. The monoisotopic (exact) mass is 290 g/mol. The molecule has 0 radical (unpaired) electrons. The fourth-order valence-corrected chi connectivity index (χ4v) is 1.93. The third-order valence-electron chi connectivity index (χ3n) is 2.87. The van der Waals surface area contributed by atoms with Gasteiger partial charge in [0.05, 0.1) is 17.4 Å². The van der Waals surface area contributed by atoms with Crippen LogP contribution >= 0.6 is 11.6 Å². The molecule has 2 aromatic heterocycles. The van der Waals surface area contributed by atoms with Crippen LogP contribution in [0.1, 0.15) is 16.1 Å². The normalized spacial score (nSPS) is 10.3. The summed E-state index contributed by atoms with van der Waals surface area (Å²) in [5.74, 6) is -0.203. The molecular weight excluding hydrogens is 276 g/mol. The van der Waals surface area contributed by atoms with E-state index in [-0.39, 0.29) is 11.1 Å². The lowest BCUT2D eigenvalue weighted by Gasteiger charge is -2.17. The van der Waals surface area contributed by atoms with Crippen LogP contribution in [0.15, 0.2) is 36.7 Å². The standard InChI is InChI=1S/C14H15ClN4O/c1-19(7-5-11-4-2-3-6-17-11)14(20)12-8-10(16)9-18-13(12)15/h2-4,6,8-9H,5,7,16H2,1H3. The van der Waals surface area contributed by atoms with Crippen molar-refractivity contribution in [3.05, 3.63) is 53.1 Å². The number of halogens is 1. The van der Waals surface area contributed by atoms with E-state index in [1.807, 2.05) is 18.2 Å². The third kappa shape index (κ3) is 3.45. The number of carbonyl (C=O) groups is 1. The highest BCUT2D eigenvalue weighted by Gasteiger charge is 2.16. The maximum absolute atomic E-state index is 12.3. The predicted octanol–water partition coefficient (Wildman–Crippen LogP) is 2.03. The van der Waals surface area contributed by atoms with Crippen molar-refractivity contribution in [2.24, 2.45) is 0 Å².